The first-order chi connectivity index (χ1) is 9.16. The van der Waals surface area contributed by atoms with E-state index in [0.29, 0.717) is 0 Å². The van der Waals surface area contributed by atoms with Gasteiger partial charge < -0.3 is 0 Å². The molecule has 0 aromatic heterocycles. The Morgan fingerprint density at radius 2 is 1.47 bits per heavy atom. The molecule has 0 spiro atoms. The molecular weight excluding hydrogens is 260 g/mol. The van der Waals surface area contributed by atoms with E-state index in [9.17, 15) is 8.42 Å². The Morgan fingerprint density at radius 3 is 2.11 bits per heavy atom. The van der Waals surface area contributed by atoms with E-state index in [1.54, 1.807) is 0 Å². The van der Waals surface area contributed by atoms with Crippen LogP contribution in [0.15, 0.2) is 66.1 Å². The third-order valence-corrected chi connectivity index (χ3v) is 3.38. The highest BCUT2D eigenvalue weighted by Crippen LogP contribution is 2.08. The first-order valence-electron chi connectivity index (χ1n) is 5.82. The van der Waals surface area contributed by atoms with Crippen molar-refractivity contribution in [3.8, 4) is 0 Å². The summed E-state index contributed by atoms with van der Waals surface area (Å²) in [5.74, 6) is 0. The second-order valence-corrected chi connectivity index (χ2v) is 5.45. The van der Waals surface area contributed by atoms with Gasteiger partial charge in [-0.2, -0.15) is 8.42 Å². The number of benzene rings is 2. The van der Waals surface area contributed by atoms with Gasteiger partial charge in [-0.3, -0.25) is 4.18 Å². The molecule has 0 radical (unpaired) electrons. The SMILES string of the molecule is O=S(=O)(C=Cc1ccccc1)OCc1ccccc1. The van der Waals surface area contributed by atoms with E-state index in [-0.39, 0.29) is 6.61 Å². The molecule has 0 heterocycles. The summed E-state index contributed by atoms with van der Waals surface area (Å²) in [7, 11) is -3.66. The molecule has 0 N–H and O–H groups in total. The summed E-state index contributed by atoms with van der Waals surface area (Å²) < 4.78 is 28.3. The van der Waals surface area contributed by atoms with Crippen molar-refractivity contribution in [1.82, 2.24) is 0 Å². The maximum absolute atomic E-state index is 11.7. The fourth-order valence-corrected chi connectivity index (χ4v) is 2.19. The van der Waals surface area contributed by atoms with Crippen molar-refractivity contribution < 1.29 is 12.6 Å². The van der Waals surface area contributed by atoms with Crippen LogP contribution in [0.25, 0.3) is 6.08 Å². The topological polar surface area (TPSA) is 43.4 Å². The summed E-state index contributed by atoms with van der Waals surface area (Å²) in [6.07, 6.45) is 1.51. The molecule has 0 fully saturated rings. The van der Waals surface area contributed by atoms with Crippen molar-refractivity contribution in [2.75, 3.05) is 0 Å². The quantitative estimate of drug-likeness (QED) is 0.786. The van der Waals surface area contributed by atoms with E-state index in [0.717, 1.165) is 16.5 Å². The van der Waals surface area contributed by atoms with Crippen molar-refractivity contribution in [2.45, 2.75) is 6.61 Å². The first-order valence-corrected chi connectivity index (χ1v) is 7.29. The van der Waals surface area contributed by atoms with E-state index in [4.69, 9.17) is 4.18 Å². The summed E-state index contributed by atoms with van der Waals surface area (Å²) in [5.41, 5.74) is 1.63. The van der Waals surface area contributed by atoms with Gasteiger partial charge in [0, 0.05) is 0 Å². The molecule has 0 saturated carbocycles. The molecule has 0 aliphatic heterocycles. The zero-order valence-electron chi connectivity index (χ0n) is 10.3. The Balaban J connectivity index is 1.98. The van der Waals surface area contributed by atoms with Gasteiger partial charge in [0.25, 0.3) is 10.1 Å². The van der Waals surface area contributed by atoms with Crippen molar-refractivity contribution in [1.29, 1.82) is 0 Å². The van der Waals surface area contributed by atoms with Crippen LogP contribution in [0.2, 0.25) is 0 Å². The first kappa shape index (κ1) is 13.5. The van der Waals surface area contributed by atoms with E-state index in [1.807, 2.05) is 60.7 Å². The van der Waals surface area contributed by atoms with Crippen LogP contribution in [-0.4, -0.2) is 8.42 Å². The van der Waals surface area contributed by atoms with Crippen molar-refractivity contribution in [3.63, 3.8) is 0 Å². The highest BCUT2D eigenvalue weighted by Gasteiger charge is 2.06. The van der Waals surface area contributed by atoms with E-state index >= 15 is 0 Å². The van der Waals surface area contributed by atoms with Gasteiger partial charge in [-0.25, -0.2) is 0 Å². The van der Waals surface area contributed by atoms with Gasteiger partial charge in [-0.15, -0.1) is 0 Å². The minimum Gasteiger partial charge on any atom is -0.262 e. The lowest BCUT2D eigenvalue weighted by Crippen LogP contribution is -2.01. The molecule has 2 aromatic carbocycles. The molecule has 4 heteroatoms. The van der Waals surface area contributed by atoms with Crippen LogP contribution in [0.5, 0.6) is 0 Å². The Labute approximate surface area is 113 Å². The molecule has 0 unspecified atom stereocenters. The molecule has 0 aliphatic carbocycles. The zero-order chi connectivity index (χ0) is 13.6. The number of hydrogen-bond acceptors (Lipinski definition) is 3. The highest BCUT2D eigenvalue weighted by molar-refractivity contribution is 7.89. The molecule has 3 nitrogen and oxygen atoms in total. The second-order valence-electron chi connectivity index (χ2n) is 3.95. The van der Waals surface area contributed by atoms with Gasteiger partial charge >= 0.3 is 0 Å². The molecule has 2 aromatic rings. The van der Waals surface area contributed by atoms with Crippen LogP contribution in [0, 0.1) is 0 Å². The largest absolute Gasteiger partial charge is 0.290 e. The minimum atomic E-state index is -3.66. The van der Waals surface area contributed by atoms with Gasteiger partial charge in [0.2, 0.25) is 0 Å². The molecule has 0 amide bonds. The van der Waals surface area contributed by atoms with Crippen molar-refractivity contribution in [2.24, 2.45) is 0 Å². The van der Waals surface area contributed by atoms with Gasteiger partial charge in [0.1, 0.15) is 0 Å². The van der Waals surface area contributed by atoms with Crippen LogP contribution in [0.3, 0.4) is 0 Å². The molecule has 19 heavy (non-hydrogen) atoms. The molecule has 0 bridgehead atoms. The van der Waals surface area contributed by atoms with Gasteiger partial charge in [-0.1, -0.05) is 60.7 Å². The third kappa shape index (κ3) is 4.69. The zero-order valence-corrected chi connectivity index (χ0v) is 11.1. The van der Waals surface area contributed by atoms with Crippen molar-refractivity contribution >= 4 is 16.2 Å². The maximum Gasteiger partial charge on any atom is 0.290 e. The van der Waals surface area contributed by atoms with E-state index in [1.165, 1.54) is 6.08 Å². The third-order valence-electron chi connectivity index (χ3n) is 2.46. The molecule has 2 rings (SSSR count). The number of rotatable bonds is 5. The normalized spacial score (nSPS) is 11.8. The average Bonchev–Trinajstić information content (AvgIpc) is 2.46. The molecule has 98 valence electrons. The highest BCUT2D eigenvalue weighted by atomic mass is 32.2. The Morgan fingerprint density at radius 1 is 0.895 bits per heavy atom. The fourth-order valence-electron chi connectivity index (χ4n) is 1.49. The van der Waals surface area contributed by atoms with Crippen LogP contribution < -0.4 is 0 Å². The standard InChI is InChI=1S/C15H14O3S/c16-19(17,12-11-14-7-3-1-4-8-14)18-13-15-9-5-2-6-10-15/h1-12H,13H2. The predicted octanol–water partition coefficient (Wildman–Crippen LogP) is 3.20. The predicted molar refractivity (Wildman–Crippen MR) is 75.6 cm³/mol. The van der Waals surface area contributed by atoms with Crippen LogP contribution >= 0.6 is 0 Å². The lowest BCUT2D eigenvalue weighted by molar-refractivity contribution is 0.314. The summed E-state index contributed by atoms with van der Waals surface area (Å²) in [6.45, 7) is 0.0440. The minimum absolute atomic E-state index is 0.0440. The van der Waals surface area contributed by atoms with Gasteiger partial charge in [-0.05, 0) is 17.2 Å². The van der Waals surface area contributed by atoms with Crippen LogP contribution in [0.4, 0.5) is 0 Å². The average molecular weight is 274 g/mol. The van der Waals surface area contributed by atoms with Crippen molar-refractivity contribution in [3.05, 3.63) is 77.2 Å². The van der Waals surface area contributed by atoms with Crippen LogP contribution in [-0.2, 0) is 20.9 Å². The molecule has 0 aliphatic rings. The molecule has 0 saturated heterocycles. The fraction of sp³-hybridized carbons (Fsp3) is 0.0667. The summed E-state index contributed by atoms with van der Waals surface area (Å²) in [6, 6.07) is 18.4. The summed E-state index contributed by atoms with van der Waals surface area (Å²) in [5, 5.41) is 1.07. The van der Waals surface area contributed by atoms with Gasteiger partial charge in [0.15, 0.2) is 0 Å². The molecule has 0 atom stereocenters. The Hall–Kier alpha value is -1.91. The van der Waals surface area contributed by atoms with E-state index < -0.39 is 10.1 Å². The van der Waals surface area contributed by atoms with E-state index in [2.05, 4.69) is 0 Å². The second kappa shape index (κ2) is 6.31. The van der Waals surface area contributed by atoms with Crippen LogP contribution in [0.1, 0.15) is 11.1 Å². The molecular formula is C15H14O3S. The lowest BCUT2D eigenvalue weighted by atomic mass is 10.2. The monoisotopic (exact) mass is 274 g/mol. The van der Waals surface area contributed by atoms with Gasteiger partial charge in [0.05, 0.1) is 12.0 Å². The number of hydrogen-bond donors (Lipinski definition) is 0. The smallest absolute Gasteiger partial charge is 0.262 e. The summed E-state index contributed by atoms with van der Waals surface area (Å²) in [4.78, 5) is 0. The summed E-state index contributed by atoms with van der Waals surface area (Å²) >= 11 is 0. The maximum atomic E-state index is 11.7. The Bertz CT molecular complexity index is 632. The Kier molecular flexibility index (Phi) is 4.49. The lowest BCUT2D eigenvalue weighted by Gasteiger charge is -2.01.